The van der Waals surface area contributed by atoms with Gasteiger partial charge in [0.2, 0.25) is 11.6 Å². The van der Waals surface area contributed by atoms with Gasteiger partial charge in [-0.15, -0.1) is 11.3 Å². The van der Waals surface area contributed by atoms with Crippen molar-refractivity contribution < 1.29 is 14.4 Å². The lowest BCUT2D eigenvalue weighted by Gasteiger charge is -2.16. The van der Waals surface area contributed by atoms with Gasteiger partial charge in [-0.3, -0.25) is 15.1 Å². The molecule has 9 heteroatoms. The van der Waals surface area contributed by atoms with Crippen molar-refractivity contribution in [3.63, 3.8) is 0 Å². The SMILES string of the molecule is Cc1csc(=NC2CCCCC2)n1N=Cc1cc2c(cc1[N+](=O)[O-])OCO2. The molecular formula is C18H20N4O4S. The minimum absolute atomic E-state index is 0.0654. The minimum Gasteiger partial charge on any atom is -0.454 e. The molecule has 1 aromatic carbocycles. The first-order valence-electron chi connectivity index (χ1n) is 8.95. The van der Waals surface area contributed by atoms with Gasteiger partial charge in [0.05, 0.1) is 34.5 Å². The fourth-order valence-electron chi connectivity index (χ4n) is 3.31. The van der Waals surface area contributed by atoms with Gasteiger partial charge in [-0.1, -0.05) is 19.3 Å². The zero-order valence-corrected chi connectivity index (χ0v) is 15.8. The smallest absolute Gasteiger partial charge is 0.282 e. The molecule has 1 saturated carbocycles. The Bertz CT molecular complexity index is 957. The van der Waals surface area contributed by atoms with E-state index in [1.165, 1.54) is 42.9 Å². The summed E-state index contributed by atoms with van der Waals surface area (Å²) in [4.78, 5) is 16.6. The average Bonchev–Trinajstić information content (AvgIpc) is 3.26. The van der Waals surface area contributed by atoms with Crippen molar-refractivity contribution in [1.82, 2.24) is 4.68 Å². The normalized spacial score (nSPS) is 17.7. The first-order chi connectivity index (χ1) is 13.1. The maximum Gasteiger partial charge on any atom is 0.282 e. The molecule has 0 atom stereocenters. The number of nitro benzene ring substituents is 1. The fraction of sp³-hybridized carbons (Fsp3) is 0.444. The summed E-state index contributed by atoms with van der Waals surface area (Å²) in [5, 5.41) is 17.9. The standard InChI is InChI=1S/C18H20N4O4S/c1-12-10-27-18(20-14-5-3-2-4-6-14)21(12)19-9-13-7-16-17(26-11-25-16)8-15(13)22(23)24/h7-10,14H,2-6,11H2,1H3. The summed E-state index contributed by atoms with van der Waals surface area (Å²) in [7, 11) is 0. The Labute approximate surface area is 159 Å². The van der Waals surface area contributed by atoms with Crippen LogP contribution in [0, 0.1) is 17.0 Å². The molecule has 4 rings (SSSR count). The van der Waals surface area contributed by atoms with E-state index < -0.39 is 4.92 Å². The van der Waals surface area contributed by atoms with Crippen molar-refractivity contribution in [3.8, 4) is 11.5 Å². The molecule has 0 radical (unpaired) electrons. The third-order valence-corrected chi connectivity index (χ3v) is 5.70. The molecule has 2 aliphatic rings. The van der Waals surface area contributed by atoms with Crippen LogP contribution in [0.3, 0.4) is 0 Å². The first-order valence-corrected chi connectivity index (χ1v) is 9.83. The van der Waals surface area contributed by atoms with Crippen molar-refractivity contribution in [2.75, 3.05) is 6.79 Å². The number of rotatable bonds is 4. The molecule has 142 valence electrons. The number of nitro groups is 1. The van der Waals surface area contributed by atoms with Crippen molar-refractivity contribution in [2.45, 2.75) is 45.1 Å². The molecule has 0 saturated heterocycles. The lowest BCUT2D eigenvalue weighted by molar-refractivity contribution is -0.385. The van der Waals surface area contributed by atoms with E-state index in [2.05, 4.69) is 5.10 Å². The van der Waals surface area contributed by atoms with E-state index >= 15 is 0 Å². The predicted octanol–water partition coefficient (Wildman–Crippen LogP) is 3.61. The number of thiazole rings is 1. The highest BCUT2D eigenvalue weighted by Crippen LogP contribution is 2.37. The Hall–Kier alpha value is -2.68. The summed E-state index contributed by atoms with van der Waals surface area (Å²) >= 11 is 1.54. The van der Waals surface area contributed by atoms with E-state index in [4.69, 9.17) is 14.5 Å². The second-order valence-corrected chi connectivity index (χ2v) is 7.49. The van der Waals surface area contributed by atoms with Gasteiger partial charge < -0.3 is 9.47 Å². The first kappa shape index (κ1) is 17.7. The largest absolute Gasteiger partial charge is 0.454 e. The summed E-state index contributed by atoms with van der Waals surface area (Å²) in [6.45, 7) is 2.01. The summed E-state index contributed by atoms with van der Waals surface area (Å²) in [5.74, 6) is 0.868. The topological polar surface area (TPSA) is 91.2 Å². The fourth-order valence-corrected chi connectivity index (χ4v) is 4.19. The highest BCUT2D eigenvalue weighted by Gasteiger charge is 2.22. The minimum atomic E-state index is -0.443. The molecular weight excluding hydrogens is 368 g/mol. The Morgan fingerprint density at radius 1 is 1.26 bits per heavy atom. The van der Waals surface area contributed by atoms with Gasteiger partial charge >= 0.3 is 0 Å². The van der Waals surface area contributed by atoms with Gasteiger partial charge in [0.25, 0.3) is 5.69 Å². The van der Waals surface area contributed by atoms with Gasteiger partial charge in [-0.25, -0.2) is 4.68 Å². The van der Waals surface area contributed by atoms with Crippen LogP contribution in [0.4, 0.5) is 5.69 Å². The van der Waals surface area contributed by atoms with Crippen molar-refractivity contribution >= 4 is 23.2 Å². The molecule has 1 aliphatic carbocycles. The maximum absolute atomic E-state index is 11.4. The Morgan fingerprint density at radius 2 is 2.00 bits per heavy atom. The van der Waals surface area contributed by atoms with Gasteiger partial charge in [0.15, 0.2) is 11.5 Å². The number of aromatic nitrogens is 1. The van der Waals surface area contributed by atoms with Crippen LogP contribution in [0.2, 0.25) is 0 Å². The van der Waals surface area contributed by atoms with Gasteiger partial charge in [-0.2, -0.15) is 5.10 Å². The van der Waals surface area contributed by atoms with E-state index in [0.717, 1.165) is 23.3 Å². The molecule has 0 N–H and O–H groups in total. The van der Waals surface area contributed by atoms with Crippen LogP contribution in [0.1, 0.15) is 43.4 Å². The molecule has 1 fully saturated rings. The molecule has 0 amide bonds. The molecule has 2 heterocycles. The molecule has 8 nitrogen and oxygen atoms in total. The van der Waals surface area contributed by atoms with E-state index in [0.29, 0.717) is 23.1 Å². The quantitative estimate of drug-likeness (QED) is 0.454. The van der Waals surface area contributed by atoms with Crippen LogP contribution in [0.5, 0.6) is 11.5 Å². The van der Waals surface area contributed by atoms with E-state index in [9.17, 15) is 10.1 Å². The van der Waals surface area contributed by atoms with Crippen LogP contribution >= 0.6 is 11.3 Å². The van der Waals surface area contributed by atoms with Crippen molar-refractivity contribution in [3.05, 3.63) is 43.7 Å². The second kappa shape index (κ2) is 7.51. The average molecular weight is 388 g/mol. The molecule has 0 bridgehead atoms. The molecule has 2 aromatic rings. The monoisotopic (exact) mass is 388 g/mol. The van der Waals surface area contributed by atoms with Crippen LogP contribution in [0.15, 0.2) is 27.6 Å². The second-order valence-electron chi connectivity index (χ2n) is 6.66. The van der Waals surface area contributed by atoms with Crippen molar-refractivity contribution in [1.29, 1.82) is 0 Å². The zero-order chi connectivity index (χ0) is 18.8. The number of hydrogen-bond donors (Lipinski definition) is 0. The predicted molar refractivity (Wildman–Crippen MR) is 102 cm³/mol. The van der Waals surface area contributed by atoms with Gasteiger partial charge in [0.1, 0.15) is 0 Å². The van der Waals surface area contributed by atoms with Crippen LogP contribution in [-0.4, -0.2) is 28.6 Å². The maximum atomic E-state index is 11.4. The number of fused-ring (bicyclic) bond motifs is 1. The van der Waals surface area contributed by atoms with Gasteiger partial charge in [0, 0.05) is 5.38 Å². The highest BCUT2D eigenvalue weighted by molar-refractivity contribution is 7.07. The summed E-state index contributed by atoms with van der Waals surface area (Å²) in [6.07, 6.45) is 7.40. The Kier molecular flexibility index (Phi) is 4.93. The number of ether oxygens (including phenoxy) is 2. The lowest BCUT2D eigenvalue weighted by atomic mass is 9.96. The van der Waals surface area contributed by atoms with Crippen LogP contribution < -0.4 is 14.3 Å². The molecule has 0 spiro atoms. The third kappa shape index (κ3) is 3.73. The number of nitrogens with zero attached hydrogens (tertiary/aromatic N) is 4. The molecule has 27 heavy (non-hydrogen) atoms. The Balaban J connectivity index is 1.69. The number of benzene rings is 1. The summed E-state index contributed by atoms with van der Waals surface area (Å²) < 4.78 is 12.3. The molecule has 0 unspecified atom stereocenters. The lowest BCUT2D eigenvalue weighted by Crippen LogP contribution is -2.19. The Morgan fingerprint density at radius 3 is 2.74 bits per heavy atom. The summed E-state index contributed by atoms with van der Waals surface area (Å²) in [6, 6.07) is 3.30. The summed E-state index contributed by atoms with van der Waals surface area (Å²) in [5.41, 5.74) is 1.24. The van der Waals surface area contributed by atoms with Gasteiger partial charge in [-0.05, 0) is 25.8 Å². The molecule has 1 aromatic heterocycles. The third-order valence-electron chi connectivity index (χ3n) is 4.75. The highest BCUT2D eigenvalue weighted by atomic mass is 32.1. The van der Waals surface area contributed by atoms with E-state index in [1.807, 2.05) is 12.3 Å². The van der Waals surface area contributed by atoms with E-state index in [-0.39, 0.29) is 12.5 Å². The van der Waals surface area contributed by atoms with E-state index in [1.54, 1.807) is 10.7 Å². The number of hydrogen-bond acceptors (Lipinski definition) is 7. The van der Waals surface area contributed by atoms with Crippen LogP contribution in [0.25, 0.3) is 0 Å². The van der Waals surface area contributed by atoms with Crippen LogP contribution in [-0.2, 0) is 0 Å². The zero-order valence-electron chi connectivity index (χ0n) is 15.0. The number of aryl methyl sites for hydroxylation is 1. The molecule has 1 aliphatic heterocycles. The van der Waals surface area contributed by atoms with Crippen molar-refractivity contribution in [2.24, 2.45) is 10.1 Å².